The van der Waals surface area contributed by atoms with Crippen molar-refractivity contribution in [2.75, 3.05) is 0 Å². The van der Waals surface area contributed by atoms with Crippen LogP contribution in [0.25, 0.3) is 0 Å². The summed E-state index contributed by atoms with van der Waals surface area (Å²) in [5, 5.41) is 7.43. The Balaban J connectivity index is 1.88. The van der Waals surface area contributed by atoms with Crippen LogP contribution in [0, 0.1) is 0 Å². The van der Waals surface area contributed by atoms with Gasteiger partial charge in [0.05, 0.1) is 6.54 Å². The molecule has 0 atom stereocenters. The molecule has 0 aliphatic rings. The highest BCUT2D eigenvalue weighted by Gasteiger charge is 2.09. The average molecular weight is 259 g/mol. The lowest BCUT2D eigenvalue weighted by Gasteiger charge is -2.12. The van der Waals surface area contributed by atoms with Gasteiger partial charge in [0.25, 0.3) is 0 Å². The van der Waals surface area contributed by atoms with Gasteiger partial charge >= 0.3 is 0 Å². The third kappa shape index (κ3) is 4.17. The maximum atomic E-state index is 5.25. The highest BCUT2D eigenvalue weighted by molar-refractivity contribution is 5.18. The third-order valence-electron chi connectivity index (χ3n) is 3.24. The second-order valence-electron chi connectivity index (χ2n) is 4.66. The summed E-state index contributed by atoms with van der Waals surface area (Å²) < 4.78 is 5.25. The first-order chi connectivity index (χ1) is 9.31. The van der Waals surface area contributed by atoms with Gasteiger partial charge in [-0.3, -0.25) is 0 Å². The highest BCUT2D eigenvalue weighted by Crippen LogP contribution is 2.07. The van der Waals surface area contributed by atoms with Crippen LogP contribution in [-0.2, 0) is 13.0 Å². The summed E-state index contributed by atoms with van der Waals surface area (Å²) in [6.45, 7) is 5.00. The quantitative estimate of drug-likeness (QED) is 0.830. The predicted molar refractivity (Wildman–Crippen MR) is 74.8 cm³/mol. The fraction of sp³-hybridized carbons (Fsp3) is 0.467. The number of aromatic nitrogens is 2. The van der Waals surface area contributed by atoms with Gasteiger partial charge in [0.15, 0.2) is 5.82 Å². The lowest BCUT2D eigenvalue weighted by atomic mass is 10.1. The van der Waals surface area contributed by atoms with Crippen LogP contribution in [0.4, 0.5) is 0 Å². The molecule has 1 heterocycles. The van der Waals surface area contributed by atoms with E-state index in [4.69, 9.17) is 4.52 Å². The molecule has 19 heavy (non-hydrogen) atoms. The zero-order valence-corrected chi connectivity index (χ0v) is 11.6. The molecule has 4 nitrogen and oxygen atoms in total. The number of benzene rings is 1. The van der Waals surface area contributed by atoms with Crippen LogP contribution in [0.15, 0.2) is 34.9 Å². The Morgan fingerprint density at radius 2 is 1.89 bits per heavy atom. The average Bonchev–Trinajstić information content (AvgIpc) is 2.89. The number of rotatable bonds is 7. The predicted octanol–water partition coefficient (Wildman–Crippen LogP) is 2.94. The molecule has 0 amide bonds. The Bertz CT molecular complexity index is 477. The van der Waals surface area contributed by atoms with E-state index in [9.17, 15) is 0 Å². The van der Waals surface area contributed by atoms with E-state index >= 15 is 0 Å². The number of nitrogens with zero attached hydrogens (tertiary/aromatic N) is 2. The third-order valence-corrected chi connectivity index (χ3v) is 3.24. The van der Waals surface area contributed by atoms with Crippen LogP contribution in [0.1, 0.15) is 44.0 Å². The van der Waals surface area contributed by atoms with Crippen molar-refractivity contribution in [2.45, 2.75) is 45.7 Å². The number of hydrogen-bond acceptors (Lipinski definition) is 4. The summed E-state index contributed by atoms with van der Waals surface area (Å²) in [5.41, 5.74) is 1.20. The standard InChI is InChI=1S/C15H21N3O/c1-3-13(4-2)16-11-15-17-14(18-19-15)10-12-8-6-5-7-9-12/h5-9,13,16H,3-4,10-11H2,1-2H3. The fourth-order valence-corrected chi connectivity index (χ4v) is 2.02. The van der Waals surface area contributed by atoms with Crippen molar-refractivity contribution in [3.63, 3.8) is 0 Å². The molecule has 0 saturated heterocycles. The van der Waals surface area contributed by atoms with Crippen molar-refractivity contribution >= 4 is 0 Å². The van der Waals surface area contributed by atoms with E-state index in [0.29, 0.717) is 18.5 Å². The zero-order chi connectivity index (χ0) is 13.5. The SMILES string of the molecule is CCC(CC)NCc1nc(Cc2ccccc2)no1. The molecule has 0 unspecified atom stereocenters. The minimum atomic E-state index is 0.518. The minimum absolute atomic E-state index is 0.518. The van der Waals surface area contributed by atoms with Crippen molar-refractivity contribution in [3.05, 3.63) is 47.6 Å². The molecule has 4 heteroatoms. The molecule has 0 spiro atoms. The van der Waals surface area contributed by atoms with Crippen molar-refractivity contribution in [3.8, 4) is 0 Å². The van der Waals surface area contributed by atoms with Crippen LogP contribution in [0.3, 0.4) is 0 Å². The van der Waals surface area contributed by atoms with Crippen molar-refractivity contribution in [2.24, 2.45) is 0 Å². The molecule has 1 N–H and O–H groups in total. The molecular formula is C15H21N3O. The van der Waals surface area contributed by atoms with E-state index in [1.165, 1.54) is 5.56 Å². The van der Waals surface area contributed by atoms with Crippen LogP contribution in [-0.4, -0.2) is 16.2 Å². The minimum Gasteiger partial charge on any atom is -0.338 e. The van der Waals surface area contributed by atoms with Gasteiger partial charge < -0.3 is 9.84 Å². The maximum absolute atomic E-state index is 5.25. The van der Waals surface area contributed by atoms with Crippen LogP contribution in [0.5, 0.6) is 0 Å². The van der Waals surface area contributed by atoms with Crippen molar-refractivity contribution in [1.82, 2.24) is 15.5 Å². The Labute approximate surface area is 114 Å². The fourth-order valence-electron chi connectivity index (χ4n) is 2.02. The molecular weight excluding hydrogens is 238 g/mol. The molecule has 0 aliphatic heterocycles. The molecule has 0 fully saturated rings. The molecule has 1 aromatic carbocycles. The lowest BCUT2D eigenvalue weighted by Crippen LogP contribution is -2.27. The van der Waals surface area contributed by atoms with Gasteiger partial charge in [0, 0.05) is 12.5 Å². The molecule has 1 aromatic heterocycles. The Kier molecular flexibility index (Phi) is 5.10. The number of hydrogen-bond donors (Lipinski definition) is 1. The second-order valence-corrected chi connectivity index (χ2v) is 4.66. The van der Waals surface area contributed by atoms with E-state index in [1.54, 1.807) is 0 Å². The van der Waals surface area contributed by atoms with Crippen LogP contribution in [0.2, 0.25) is 0 Å². The van der Waals surface area contributed by atoms with Gasteiger partial charge in [-0.2, -0.15) is 4.98 Å². The van der Waals surface area contributed by atoms with Gasteiger partial charge in [0.1, 0.15) is 0 Å². The van der Waals surface area contributed by atoms with E-state index in [2.05, 4.69) is 41.4 Å². The van der Waals surface area contributed by atoms with E-state index in [1.807, 2.05) is 18.2 Å². The first-order valence-electron chi connectivity index (χ1n) is 6.90. The van der Waals surface area contributed by atoms with Gasteiger partial charge in [-0.05, 0) is 18.4 Å². The van der Waals surface area contributed by atoms with E-state index < -0.39 is 0 Å². The molecule has 102 valence electrons. The Morgan fingerprint density at radius 1 is 1.16 bits per heavy atom. The summed E-state index contributed by atoms with van der Waals surface area (Å²) >= 11 is 0. The molecule has 0 saturated carbocycles. The Hall–Kier alpha value is -1.68. The van der Waals surface area contributed by atoms with Gasteiger partial charge in [-0.15, -0.1) is 0 Å². The first kappa shape index (κ1) is 13.7. The summed E-state index contributed by atoms with van der Waals surface area (Å²) in [4.78, 5) is 4.41. The monoisotopic (exact) mass is 259 g/mol. The van der Waals surface area contributed by atoms with E-state index in [0.717, 1.165) is 25.1 Å². The van der Waals surface area contributed by atoms with Crippen molar-refractivity contribution in [1.29, 1.82) is 0 Å². The normalized spacial score (nSPS) is 11.1. The Morgan fingerprint density at radius 3 is 2.58 bits per heavy atom. The lowest BCUT2D eigenvalue weighted by molar-refractivity contribution is 0.349. The molecule has 2 aromatic rings. The summed E-state index contributed by atoms with van der Waals surface area (Å²) in [5.74, 6) is 1.41. The van der Waals surface area contributed by atoms with Gasteiger partial charge in [-0.1, -0.05) is 49.3 Å². The molecule has 0 aliphatic carbocycles. The van der Waals surface area contributed by atoms with Crippen LogP contribution < -0.4 is 5.32 Å². The summed E-state index contributed by atoms with van der Waals surface area (Å²) in [6, 6.07) is 10.7. The first-order valence-corrected chi connectivity index (χ1v) is 6.90. The molecule has 0 radical (unpaired) electrons. The highest BCUT2D eigenvalue weighted by atomic mass is 16.5. The summed E-state index contributed by atoms with van der Waals surface area (Å²) in [7, 11) is 0. The zero-order valence-electron chi connectivity index (χ0n) is 11.6. The topological polar surface area (TPSA) is 51.0 Å². The van der Waals surface area contributed by atoms with Crippen LogP contribution >= 0.6 is 0 Å². The molecule has 0 bridgehead atoms. The maximum Gasteiger partial charge on any atom is 0.240 e. The largest absolute Gasteiger partial charge is 0.338 e. The van der Waals surface area contributed by atoms with Gasteiger partial charge in [-0.25, -0.2) is 0 Å². The second kappa shape index (κ2) is 7.04. The van der Waals surface area contributed by atoms with Crippen molar-refractivity contribution < 1.29 is 4.52 Å². The summed E-state index contributed by atoms with van der Waals surface area (Å²) in [6.07, 6.45) is 2.94. The molecule has 2 rings (SSSR count). The number of nitrogens with one attached hydrogen (secondary N) is 1. The van der Waals surface area contributed by atoms with Gasteiger partial charge in [0.2, 0.25) is 5.89 Å². The smallest absolute Gasteiger partial charge is 0.240 e. The van der Waals surface area contributed by atoms with E-state index in [-0.39, 0.29) is 0 Å².